The molecule has 0 radical (unpaired) electrons. The van der Waals surface area contributed by atoms with E-state index in [1.54, 1.807) is 6.07 Å². The number of rotatable bonds is 5. The zero-order chi connectivity index (χ0) is 15.6. The van der Waals surface area contributed by atoms with Gasteiger partial charge in [0.05, 0.1) is 0 Å². The predicted octanol–water partition coefficient (Wildman–Crippen LogP) is 3.79. The topological polar surface area (TPSA) is 38.3 Å². The SMILES string of the molecule is CC(C)C1(Cc2cc(Cl)ccc2OC(F)F)CCC(=O)N1. The first kappa shape index (κ1) is 16.0. The molecule has 3 nitrogen and oxygen atoms in total. The fourth-order valence-corrected chi connectivity index (χ4v) is 2.94. The number of benzene rings is 1. The van der Waals surface area contributed by atoms with Crippen LogP contribution < -0.4 is 10.1 Å². The van der Waals surface area contributed by atoms with Crippen LogP contribution in [-0.2, 0) is 11.2 Å². The maximum atomic E-state index is 12.5. The Bertz CT molecular complexity index is 536. The number of alkyl halides is 2. The Hall–Kier alpha value is -1.36. The van der Waals surface area contributed by atoms with E-state index in [-0.39, 0.29) is 17.6 Å². The average Bonchev–Trinajstić information content (AvgIpc) is 2.75. The molecule has 0 spiro atoms. The van der Waals surface area contributed by atoms with E-state index in [1.807, 2.05) is 13.8 Å². The minimum absolute atomic E-state index is 0.0120. The summed E-state index contributed by atoms with van der Waals surface area (Å²) in [6.45, 7) is 1.12. The van der Waals surface area contributed by atoms with Gasteiger partial charge in [0.2, 0.25) is 5.91 Å². The Morgan fingerprint density at radius 1 is 1.43 bits per heavy atom. The molecule has 0 aliphatic carbocycles. The number of carbonyl (C=O) groups is 1. The number of carbonyl (C=O) groups excluding carboxylic acids is 1. The van der Waals surface area contributed by atoms with Crippen molar-refractivity contribution in [3.63, 3.8) is 0 Å². The first-order valence-corrected chi connectivity index (χ1v) is 7.24. The molecule has 1 aliphatic heterocycles. The molecule has 0 aromatic heterocycles. The second-order valence-electron chi connectivity index (χ2n) is 5.67. The van der Waals surface area contributed by atoms with Crippen LogP contribution in [0.5, 0.6) is 5.75 Å². The van der Waals surface area contributed by atoms with Crippen molar-refractivity contribution in [2.24, 2.45) is 5.92 Å². The van der Waals surface area contributed by atoms with E-state index in [2.05, 4.69) is 10.1 Å². The molecule has 1 aromatic carbocycles. The normalized spacial score (nSPS) is 22.0. The maximum Gasteiger partial charge on any atom is 0.387 e. The van der Waals surface area contributed by atoms with Crippen molar-refractivity contribution in [3.8, 4) is 5.75 Å². The van der Waals surface area contributed by atoms with Crippen LogP contribution in [0.2, 0.25) is 5.02 Å². The van der Waals surface area contributed by atoms with Crippen molar-refractivity contribution < 1.29 is 18.3 Å². The van der Waals surface area contributed by atoms with Crippen molar-refractivity contribution in [1.82, 2.24) is 5.32 Å². The molecule has 6 heteroatoms. The summed E-state index contributed by atoms with van der Waals surface area (Å²) < 4.78 is 29.6. The Balaban J connectivity index is 2.32. The molecule has 1 saturated heterocycles. The molecule has 1 N–H and O–H groups in total. The van der Waals surface area contributed by atoms with Gasteiger partial charge in [-0.2, -0.15) is 8.78 Å². The van der Waals surface area contributed by atoms with E-state index in [9.17, 15) is 13.6 Å². The van der Waals surface area contributed by atoms with Gasteiger partial charge in [-0.25, -0.2) is 0 Å². The van der Waals surface area contributed by atoms with Gasteiger partial charge >= 0.3 is 6.61 Å². The molecule has 1 atom stereocenters. The van der Waals surface area contributed by atoms with E-state index in [0.717, 1.165) is 0 Å². The first-order valence-electron chi connectivity index (χ1n) is 6.86. The van der Waals surface area contributed by atoms with Crippen LogP contribution in [0.4, 0.5) is 8.78 Å². The second-order valence-corrected chi connectivity index (χ2v) is 6.10. The van der Waals surface area contributed by atoms with Crippen LogP contribution in [-0.4, -0.2) is 18.1 Å². The lowest BCUT2D eigenvalue weighted by atomic mass is 9.79. The lowest BCUT2D eigenvalue weighted by Crippen LogP contribution is -2.48. The van der Waals surface area contributed by atoms with E-state index < -0.39 is 12.2 Å². The summed E-state index contributed by atoms with van der Waals surface area (Å²) in [6, 6.07) is 4.57. The van der Waals surface area contributed by atoms with Gasteiger partial charge in [0.25, 0.3) is 0 Å². The van der Waals surface area contributed by atoms with E-state index >= 15 is 0 Å². The van der Waals surface area contributed by atoms with Crippen molar-refractivity contribution >= 4 is 17.5 Å². The van der Waals surface area contributed by atoms with Crippen molar-refractivity contribution in [3.05, 3.63) is 28.8 Å². The van der Waals surface area contributed by atoms with Crippen LogP contribution >= 0.6 is 11.6 Å². The maximum absolute atomic E-state index is 12.5. The standard InChI is InChI=1S/C15H18ClF2NO2/c1-9(2)15(6-5-13(20)19-15)8-10-7-11(16)3-4-12(10)21-14(17)18/h3-4,7,9,14H,5-6,8H2,1-2H3,(H,19,20). The van der Waals surface area contributed by atoms with Crippen molar-refractivity contribution in [2.45, 2.75) is 45.3 Å². The van der Waals surface area contributed by atoms with Gasteiger partial charge in [-0.3, -0.25) is 4.79 Å². The monoisotopic (exact) mass is 317 g/mol. The number of halogens is 3. The van der Waals surface area contributed by atoms with E-state index in [1.165, 1.54) is 12.1 Å². The van der Waals surface area contributed by atoms with E-state index in [0.29, 0.717) is 29.8 Å². The largest absolute Gasteiger partial charge is 0.435 e. The summed E-state index contributed by atoms with van der Waals surface area (Å²) in [5.41, 5.74) is 0.140. The Morgan fingerprint density at radius 3 is 2.67 bits per heavy atom. The number of hydrogen-bond acceptors (Lipinski definition) is 2. The van der Waals surface area contributed by atoms with Gasteiger partial charge in [0.1, 0.15) is 5.75 Å². The number of ether oxygens (including phenoxy) is 1. The molecule has 116 valence electrons. The van der Waals surface area contributed by atoms with Crippen molar-refractivity contribution in [2.75, 3.05) is 0 Å². The van der Waals surface area contributed by atoms with Gasteiger partial charge in [0, 0.05) is 17.0 Å². The molecule has 1 aliphatic rings. The lowest BCUT2D eigenvalue weighted by Gasteiger charge is -2.34. The third-order valence-electron chi connectivity index (χ3n) is 4.04. The average molecular weight is 318 g/mol. The second kappa shape index (κ2) is 6.18. The smallest absolute Gasteiger partial charge is 0.387 e. The van der Waals surface area contributed by atoms with Gasteiger partial charge in [-0.1, -0.05) is 25.4 Å². The first-order chi connectivity index (χ1) is 9.82. The Kier molecular flexibility index (Phi) is 4.71. The predicted molar refractivity (Wildman–Crippen MR) is 76.7 cm³/mol. The zero-order valence-electron chi connectivity index (χ0n) is 12.0. The molecule has 21 heavy (non-hydrogen) atoms. The number of nitrogens with one attached hydrogen (secondary N) is 1. The van der Waals surface area contributed by atoms with Gasteiger partial charge in [-0.05, 0) is 42.5 Å². The van der Waals surface area contributed by atoms with Crippen molar-refractivity contribution in [1.29, 1.82) is 0 Å². The summed E-state index contributed by atoms with van der Waals surface area (Å²) in [4.78, 5) is 11.6. The lowest BCUT2D eigenvalue weighted by molar-refractivity contribution is -0.120. The fourth-order valence-electron chi connectivity index (χ4n) is 2.75. The van der Waals surface area contributed by atoms with E-state index in [4.69, 9.17) is 11.6 Å². The Morgan fingerprint density at radius 2 is 2.14 bits per heavy atom. The van der Waals surface area contributed by atoms with Gasteiger partial charge < -0.3 is 10.1 Å². The third kappa shape index (κ3) is 3.64. The number of amides is 1. The molecule has 1 aromatic rings. The van der Waals surface area contributed by atoms with Gasteiger partial charge in [-0.15, -0.1) is 0 Å². The van der Waals surface area contributed by atoms with Crippen LogP contribution in [0.3, 0.4) is 0 Å². The Labute approximate surface area is 127 Å². The molecule has 1 unspecified atom stereocenters. The highest BCUT2D eigenvalue weighted by Crippen LogP contribution is 2.35. The summed E-state index contributed by atoms with van der Waals surface area (Å²) in [7, 11) is 0. The minimum Gasteiger partial charge on any atom is -0.435 e. The zero-order valence-corrected chi connectivity index (χ0v) is 12.7. The molecule has 2 rings (SSSR count). The molecule has 1 amide bonds. The van der Waals surface area contributed by atoms with Crippen LogP contribution in [0.1, 0.15) is 32.3 Å². The molecular formula is C15H18ClF2NO2. The highest BCUT2D eigenvalue weighted by atomic mass is 35.5. The minimum atomic E-state index is -2.89. The highest BCUT2D eigenvalue weighted by Gasteiger charge is 2.41. The quantitative estimate of drug-likeness (QED) is 0.897. The summed E-state index contributed by atoms with van der Waals surface area (Å²) in [5, 5.41) is 3.44. The molecule has 0 bridgehead atoms. The fraction of sp³-hybridized carbons (Fsp3) is 0.533. The van der Waals surface area contributed by atoms with Crippen LogP contribution in [0, 0.1) is 5.92 Å². The summed E-state index contributed by atoms with van der Waals surface area (Å²) >= 11 is 5.96. The molecular weight excluding hydrogens is 300 g/mol. The van der Waals surface area contributed by atoms with Gasteiger partial charge in [0.15, 0.2) is 0 Å². The molecule has 1 fully saturated rings. The van der Waals surface area contributed by atoms with Crippen LogP contribution in [0.25, 0.3) is 0 Å². The summed E-state index contributed by atoms with van der Waals surface area (Å²) in [5.74, 6) is 0.264. The van der Waals surface area contributed by atoms with Crippen LogP contribution in [0.15, 0.2) is 18.2 Å². The summed E-state index contributed by atoms with van der Waals surface area (Å²) in [6.07, 6.45) is 1.53. The molecule has 0 saturated carbocycles. The third-order valence-corrected chi connectivity index (χ3v) is 4.27. The highest BCUT2D eigenvalue weighted by molar-refractivity contribution is 6.30. The number of hydrogen-bond donors (Lipinski definition) is 1. The molecule has 1 heterocycles.